The van der Waals surface area contributed by atoms with Gasteiger partial charge in [-0.2, -0.15) is 13.2 Å². The molecule has 6 nitrogen and oxygen atoms in total. The van der Waals surface area contributed by atoms with Crippen molar-refractivity contribution in [2.24, 2.45) is 0 Å². The molecule has 0 saturated carbocycles. The molecular weight excluding hydrogens is 383 g/mol. The standard InChI is InChI=1S/C14H18F3N3O3S.ClH/c15-14(16,17)9-19-13(21)10-2-1-3-12(8-10)24(22,23)20-11-4-6-18-7-5-11;/h1-3,8,11,18,20H,4-7,9H2,(H,19,21);1H. The van der Waals surface area contributed by atoms with Crippen molar-refractivity contribution >= 4 is 28.3 Å². The molecule has 1 amide bonds. The van der Waals surface area contributed by atoms with Gasteiger partial charge >= 0.3 is 6.18 Å². The van der Waals surface area contributed by atoms with Crippen molar-refractivity contribution in [2.75, 3.05) is 19.6 Å². The van der Waals surface area contributed by atoms with Crippen LogP contribution in [0.5, 0.6) is 0 Å². The van der Waals surface area contributed by atoms with E-state index in [0.29, 0.717) is 25.9 Å². The first kappa shape index (κ1) is 21.7. The lowest BCUT2D eigenvalue weighted by atomic mass is 10.1. The van der Waals surface area contributed by atoms with Crippen LogP contribution in [0.1, 0.15) is 23.2 Å². The smallest absolute Gasteiger partial charge is 0.343 e. The molecule has 142 valence electrons. The lowest BCUT2D eigenvalue weighted by Crippen LogP contribution is -2.42. The van der Waals surface area contributed by atoms with Crippen molar-refractivity contribution in [3.63, 3.8) is 0 Å². The molecule has 1 saturated heterocycles. The normalized spacial score (nSPS) is 16.1. The molecule has 0 bridgehead atoms. The van der Waals surface area contributed by atoms with Gasteiger partial charge in [0.15, 0.2) is 0 Å². The molecule has 25 heavy (non-hydrogen) atoms. The van der Waals surface area contributed by atoms with Crippen molar-refractivity contribution in [2.45, 2.75) is 30.0 Å². The second kappa shape index (κ2) is 8.84. The maximum atomic E-state index is 12.3. The van der Waals surface area contributed by atoms with Gasteiger partial charge in [0.1, 0.15) is 6.54 Å². The summed E-state index contributed by atoms with van der Waals surface area (Å²) in [5, 5.41) is 4.82. The number of halogens is 4. The van der Waals surface area contributed by atoms with E-state index in [2.05, 4.69) is 10.0 Å². The number of carbonyl (C=O) groups excluding carboxylic acids is 1. The summed E-state index contributed by atoms with van der Waals surface area (Å²) in [6, 6.07) is 4.73. The summed E-state index contributed by atoms with van der Waals surface area (Å²) >= 11 is 0. The molecule has 2 rings (SSSR count). The number of hydrogen-bond acceptors (Lipinski definition) is 4. The Hall–Kier alpha value is -1.36. The van der Waals surface area contributed by atoms with Crippen molar-refractivity contribution in [1.29, 1.82) is 0 Å². The summed E-state index contributed by atoms with van der Waals surface area (Å²) in [6.07, 6.45) is -3.24. The zero-order valence-electron chi connectivity index (χ0n) is 13.1. The fraction of sp³-hybridized carbons (Fsp3) is 0.500. The maximum absolute atomic E-state index is 12.3. The summed E-state index contributed by atoms with van der Waals surface area (Å²) < 4.78 is 63.7. The van der Waals surface area contributed by atoms with Crippen LogP contribution in [-0.4, -0.2) is 46.2 Å². The molecule has 1 aromatic carbocycles. The number of rotatable bonds is 5. The van der Waals surface area contributed by atoms with Crippen LogP contribution in [0, 0.1) is 0 Å². The van der Waals surface area contributed by atoms with Gasteiger partial charge in [0.05, 0.1) is 4.90 Å². The van der Waals surface area contributed by atoms with Gasteiger partial charge in [0, 0.05) is 11.6 Å². The minimum Gasteiger partial charge on any atom is -0.343 e. The number of benzene rings is 1. The molecule has 0 radical (unpaired) electrons. The van der Waals surface area contributed by atoms with Crippen molar-refractivity contribution < 1.29 is 26.4 Å². The molecule has 1 aromatic rings. The number of hydrogen-bond donors (Lipinski definition) is 3. The predicted octanol–water partition coefficient (Wildman–Crippen LogP) is 1.43. The second-order valence-corrected chi connectivity index (χ2v) is 7.19. The largest absolute Gasteiger partial charge is 0.405 e. The van der Waals surface area contributed by atoms with Crippen LogP contribution in [0.2, 0.25) is 0 Å². The Labute approximate surface area is 150 Å². The SMILES string of the molecule is Cl.O=C(NCC(F)(F)F)c1cccc(S(=O)(=O)NC2CCNCC2)c1. The second-order valence-electron chi connectivity index (χ2n) is 5.47. The fourth-order valence-corrected chi connectivity index (χ4v) is 3.66. The number of nitrogens with one attached hydrogen (secondary N) is 3. The van der Waals surface area contributed by atoms with Crippen LogP contribution in [0.25, 0.3) is 0 Å². The van der Waals surface area contributed by atoms with Crippen LogP contribution in [0.15, 0.2) is 29.2 Å². The van der Waals surface area contributed by atoms with Gasteiger partial charge in [-0.25, -0.2) is 13.1 Å². The summed E-state index contributed by atoms with van der Waals surface area (Å²) in [6.45, 7) is -0.0731. The highest BCUT2D eigenvalue weighted by Gasteiger charge is 2.28. The molecule has 0 unspecified atom stereocenters. The average Bonchev–Trinajstić information content (AvgIpc) is 2.52. The Balaban J connectivity index is 0.00000312. The Kier molecular flexibility index (Phi) is 7.66. The van der Waals surface area contributed by atoms with E-state index in [4.69, 9.17) is 0 Å². The van der Waals surface area contributed by atoms with E-state index in [0.717, 1.165) is 6.07 Å². The van der Waals surface area contributed by atoms with Crippen molar-refractivity contribution in [3.8, 4) is 0 Å². The van der Waals surface area contributed by atoms with Crippen molar-refractivity contribution in [3.05, 3.63) is 29.8 Å². The molecule has 1 aliphatic heterocycles. The fourth-order valence-electron chi connectivity index (χ4n) is 2.31. The molecule has 0 atom stereocenters. The van der Waals surface area contributed by atoms with Gasteiger partial charge in [0.2, 0.25) is 10.0 Å². The maximum Gasteiger partial charge on any atom is 0.405 e. The highest BCUT2D eigenvalue weighted by molar-refractivity contribution is 7.89. The van der Waals surface area contributed by atoms with E-state index >= 15 is 0 Å². The minimum atomic E-state index is -4.53. The first-order valence-electron chi connectivity index (χ1n) is 7.35. The van der Waals surface area contributed by atoms with Crippen LogP contribution in [0.4, 0.5) is 13.2 Å². The monoisotopic (exact) mass is 401 g/mol. The number of amides is 1. The molecule has 0 aliphatic carbocycles. The van der Waals surface area contributed by atoms with Crippen molar-refractivity contribution in [1.82, 2.24) is 15.4 Å². The van der Waals surface area contributed by atoms with Gasteiger partial charge in [0.25, 0.3) is 5.91 Å². The summed E-state index contributed by atoms with van der Waals surface area (Å²) in [4.78, 5) is 11.6. The number of sulfonamides is 1. The highest BCUT2D eigenvalue weighted by atomic mass is 35.5. The quantitative estimate of drug-likeness (QED) is 0.696. The summed E-state index contributed by atoms with van der Waals surface area (Å²) in [5.41, 5.74) is -0.146. The number of piperidine rings is 1. The molecule has 11 heteroatoms. The molecule has 1 heterocycles. The third-order valence-electron chi connectivity index (χ3n) is 3.52. The third kappa shape index (κ3) is 6.81. The average molecular weight is 402 g/mol. The molecular formula is C14H19ClF3N3O3S. The number of alkyl halides is 3. The lowest BCUT2D eigenvalue weighted by molar-refractivity contribution is -0.123. The first-order valence-corrected chi connectivity index (χ1v) is 8.84. The van der Waals surface area contributed by atoms with Gasteiger partial charge < -0.3 is 10.6 Å². The zero-order chi connectivity index (χ0) is 17.8. The molecule has 0 spiro atoms. The van der Waals surface area contributed by atoms with E-state index in [-0.39, 0.29) is 28.9 Å². The summed E-state index contributed by atoms with van der Waals surface area (Å²) in [5.74, 6) is -0.980. The Bertz CT molecular complexity index is 692. The molecule has 3 N–H and O–H groups in total. The Morgan fingerprint density at radius 2 is 1.88 bits per heavy atom. The summed E-state index contributed by atoms with van der Waals surface area (Å²) in [7, 11) is -3.84. The van der Waals surface area contributed by atoms with Crippen LogP contribution >= 0.6 is 12.4 Å². The van der Waals surface area contributed by atoms with E-state index in [1.54, 1.807) is 5.32 Å². The van der Waals surface area contributed by atoms with Gasteiger partial charge in [-0.05, 0) is 44.1 Å². The van der Waals surface area contributed by atoms with E-state index in [1.807, 2.05) is 0 Å². The molecule has 1 aliphatic rings. The van der Waals surface area contributed by atoms with E-state index < -0.39 is 28.7 Å². The predicted molar refractivity (Wildman–Crippen MR) is 88.3 cm³/mol. The van der Waals surface area contributed by atoms with E-state index in [1.165, 1.54) is 18.2 Å². The first-order chi connectivity index (χ1) is 11.2. The number of carbonyl (C=O) groups is 1. The topological polar surface area (TPSA) is 87.3 Å². The Morgan fingerprint density at radius 1 is 1.24 bits per heavy atom. The van der Waals surface area contributed by atoms with Crippen LogP contribution in [-0.2, 0) is 10.0 Å². The van der Waals surface area contributed by atoms with Crippen LogP contribution < -0.4 is 15.4 Å². The van der Waals surface area contributed by atoms with Gasteiger partial charge in [-0.3, -0.25) is 4.79 Å². The third-order valence-corrected chi connectivity index (χ3v) is 5.04. The zero-order valence-corrected chi connectivity index (χ0v) is 14.7. The minimum absolute atomic E-state index is 0. The van der Waals surface area contributed by atoms with E-state index in [9.17, 15) is 26.4 Å². The lowest BCUT2D eigenvalue weighted by Gasteiger charge is -2.23. The molecule has 1 fully saturated rings. The Morgan fingerprint density at radius 3 is 2.48 bits per heavy atom. The van der Waals surface area contributed by atoms with Crippen LogP contribution in [0.3, 0.4) is 0 Å². The van der Waals surface area contributed by atoms with Gasteiger partial charge in [-0.15, -0.1) is 12.4 Å². The highest BCUT2D eigenvalue weighted by Crippen LogP contribution is 2.16. The molecule has 0 aromatic heterocycles. The van der Waals surface area contributed by atoms with Gasteiger partial charge in [-0.1, -0.05) is 6.07 Å².